The third-order valence-electron chi connectivity index (χ3n) is 4.12. The number of oxazole rings is 1. The Bertz CT molecular complexity index is 1140. The standard InChI is InChI=1S/C22H14Cl2N2O2/c23-15-10-8-14(9-11-15)20-13-25-22(28-20)19-7-2-1-6-18(19)21(27)26-17-5-3-4-16(24)12-17/h1-13H,(H,26,27). The van der Waals surface area contributed by atoms with Gasteiger partial charge < -0.3 is 9.73 Å². The third-order valence-corrected chi connectivity index (χ3v) is 4.61. The van der Waals surface area contributed by atoms with E-state index in [1.165, 1.54) is 0 Å². The summed E-state index contributed by atoms with van der Waals surface area (Å²) in [4.78, 5) is 17.1. The predicted molar refractivity (Wildman–Crippen MR) is 112 cm³/mol. The van der Waals surface area contributed by atoms with Gasteiger partial charge in [-0.1, -0.05) is 41.4 Å². The number of rotatable bonds is 4. The first-order chi connectivity index (χ1) is 13.6. The van der Waals surface area contributed by atoms with Crippen molar-refractivity contribution in [3.63, 3.8) is 0 Å². The Morgan fingerprint density at radius 3 is 2.46 bits per heavy atom. The van der Waals surface area contributed by atoms with E-state index in [0.29, 0.717) is 38.5 Å². The summed E-state index contributed by atoms with van der Waals surface area (Å²) in [5.41, 5.74) is 2.51. The number of carbonyl (C=O) groups is 1. The molecule has 3 aromatic carbocycles. The highest BCUT2D eigenvalue weighted by atomic mass is 35.5. The van der Waals surface area contributed by atoms with Crippen molar-refractivity contribution in [1.29, 1.82) is 0 Å². The number of hydrogen-bond donors (Lipinski definition) is 1. The van der Waals surface area contributed by atoms with Gasteiger partial charge in [0.1, 0.15) is 0 Å². The summed E-state index contributed by atoms with van der Waals surface area (Å²) in [6.45, 7) is 0. The monoisotopic (exact) mass is 408 g/mol. The molecule has 1 N–H and O–H groups in total. The number of benzene rings is 3. The number of nitrogens with zero attached hydrogens (tertiary/aromatic N) is 1. The van der Waals surface area contributed by atoms with Crippen LogP contribution in [0.3, 0.4) is 0 Å². The van der Waals surface area contributed by atoms with Gasteiger partial charge in [0, 0.05) is 26.9 Å². The van der Waals surface area contributed by atoms with Crippen molar-refractivity contribution >= 4 is 34.8 Å². The molecule has 1 amide bonds. The van der Waals surface area contributed by atoms with Crippen LogP contribution in [0.2, 0.25) is 10.0 Å². The minimum Gasteiger partial charge on any atom is -0.436 e. The molecule has 1 aromatic heterocycles. The topological polar surface area (TPSA) is 55.1 Å². The van der Waals surface area contributed by atoms with E-state index in [1.54, 1.807) is 60.8 Å². The lowest BCUT2D eigenvalue weighted by Crippen LogP contribution is -2.13. The van der Waals surface area contributed by atoms with Crippen molar-refractivity contribution in [3.05, 3.63) is 94.6 Å². The molecule has 0 unspecified atom stereocenters. The average molecular weight is 409 g/mol. The molecule has 0 fully saturated rings. The van der Waals surface area contributed by atoms with Gasteiger partial charge in [-0.3, -0.25) is 4.79 Å². The quantitative estimate of drug-likeness (QED) is 0.415. The Balaban J connectivity index is 1.65. The van der Waals surface area contributed by atoms with Gasteiger partial charge in [0.25, 0.3) is 5.91 Å². The van der Waals surface area contributed by atoms with Crippen LogP contribution in [0.5, 0.6) is 0 Å². The van der Waals surface area contributed by atoms with Crippen LogP contribution >= 0.6 is 23.2 Å². The lowest BCUT2D eigenvalue weighted by Gasteiger charge is -2.08. The zero-order valence-corrected chi connectivity index (χ0v) is 16.0. The fraction of sp³-hybridized carbons (Fsp3) is 0. The van der Waals surface area contributed by atoms with Crippen LogP contribution < -0.4 is 5.32 Å². The Morgan fingerprint density at radius 2 is 1.68 bits per heavy atom. The van der Waals surface area contributed by atoms with E-state index in [0.717, 1.165) is 5.56 Å². The molecule has 1 heterocycles. The highest BCUT2D eigenvalue weighted by Gasteiger charge is 2.17. The van der Waals surface area contributed by atoms with Crippen molar-refractivity contribution in [1.82, 2.24) is 4.98 Å². The summed E-state index contributed by atoms with van der Waals surface area (Å²) < 4.78 is 5.90. The molecule has 0 radical (unpaired) electrons. The van der Waals surface area contributed by atoms with E-state index in [9.17, 15) is 4.79 Å². The number of anilines is 1. The molecule has 138 valence electrons. The molecular weight excluding hydrogens is 395 g/mol. The molecule has 0 spiro atoms. The lowest BCUT2D eigenvalue weighted by atomic mass is 10.1. The van der Waals surface area contributed by atoms with Gasteiger partial charge >= 0.3 is 0 Å². The van der Waals surface area contributed by atoms with Gasteiger partial charge in [0.2, 0.25) is 5.89 Å². The fourth-order valence-electron chi connectivity index (χ4n) is 2.78. The third kappa shape index (κ3) is 3.93. The average Bonchev–Trinajstić information content (AvgIpc) is 3.18. The summed E-state index contributed by atoms with van der Waals surface area (Å²) >= 11 is 11.9. The van der Waals surface area contributed by atoms with Crippen molar-refractivity contribution in [2.24, 2.45) is 0 Å². The van der Waals surface area contributed by atoms with Crippen LogP contribution in [0.1, 0.15) is 10.4 Å². The van der Waals surface area contributed by atoms with E-state index in [1.807, 2.05) is 18.2 Å². The van der Waals surface area contributed by atoms with E-state index >= 15 is 0 Å². The predicted octanol–water partition coefficient (Wildman–Crippen LogP) is 6.57. The molecule has 0 atom stereocenters. The van der Waals surface area contributed by atoms with Gasteiger partial charge in [-0.15, -0.1) is 0 Å². The van der Waals surface area contributed by atoms with Crippen LogP contribution in [0.25, 0.3) is 22.8 Å². The van der Waals surface area contributed by atoms with Gasteiger partial charge in [0.15, 0.2) is 5.76 Å². The second kappa shape index (κ2) is 7.89. The summed E-state index contributed by atoms with van der Waals surface area (Å²) in [6.07, 6.45) is 1.63. The lowest BCUT2D eigenvalue weighted by molar-refractivity contribution is 0.102. The molecule has 0 saturated carbocycles. The Labute approximate surface area is 171 Å². The number of hydrogen-bond acceptors (Lipinski definition) is 3. The van der Waals surface area contributed by atoms with E-state index in [-0.39, 0.29) is 5.91 Å². The van der Waals surface area contributed by atoms with Crippen LogP contribution in [-0.4, -0.2) is 10.9 Å². The molecular formula is C22H14Cl2N2O2. The van der Waals surface area contributed by atoms with Crippen LogP contribution in [-0.2, 0) is 0 Å². The maximum Gasteiger partial charge on any atom is 0.256 e. The first-order valence-electron chi connectivity index (χ1n) is 8.48. The number of nitrogens with one attached hydrogen (secondary N) is 1. The Morgan fingerprint density at radius 1 is 0.893 bits per heavy atom. The van der Waals surface area contributed by atoms with Crippen molar-refractivity contribution in [2.75, 3.05) is 5.32 Å². The smallest absolute Gasteiger partial charge is 0.256 e. The molecule has 4 aromatic rings. The number of halogens is 2. The van der Waals surface area contributed by atoms with Gasteiger partial charge in [-0.05, 0) is 54.6 Å². The second-order valence-corrected chi connectivity index (χ2v) is 6.92. The van der Waals surface area contributed by atoms with Crippen LogP contribution in [0.4, 0.5) is 5.69 Å². The second-order valence-electron chi connectivity index (χ2n) is 6.05. The molecule has 4 rings (SSSR count). The molecule has 0 aliphatic carbocycles. The summed E-state index contributed by atoms with van der Waals surface area (Å²) in [6, 6.07) is 21.4. The normalized spacial score (nSPS) is 10.6. The van der Waals surface area contributed by atoms with Crippen molar-refractivity contribution in [2.45, 2.75) is 0 Å². The molecule has 0 saturated heterocycles. The fourth-order valence-corrected chi connectivity index (χ4v) is 3.09. The molecule has 0 bridgehead atoms. The summed E-state index contributed by atoms with van der Waals surface area (Å²) in [5, 5.41) is 4.04. The molecule has 4 nitrogen and oxygen atoms in total. The van der Waals surface area contributed by atoms with Crippen LogP contribution in [0.15, 0.2) is 83.4 Å². The van der Waals surface area contributed by atoms with E-state index in [4.69, 9.17) is 27.6 Å². The summed E-state index contributed by atoms with van der Waals surface area (Å²) in [7, 11) is 0. The van der Waals surface area contributed by atoms with Gasteiger partial charge in [-0.25, -0.2) is 4.98 Å². The molecule has 0 aliphatic rings. The SMILES string of the molecule is O=C(Nc1cccc(Cl)c1)c1ccccc1-c1ncc(-c2ccc(Cl)cc2)o1. The highest BCUT2D eigenvalue weighted by Crippen LogP contribution is 2.29. The number of aromatic nitrogens is 1. The van der Waals surface area contributed by atoms with E-state index < -0.39 is 0 Å². The van der Waals surface area contributed by atoms with Gasteiger partial charge in [-0.2, -0.15) is 0 Å². The Hall–Kier alpha value is -3.08. The minimum absolute atomic E-state index is 0.274. The minimum atomic E-state index is -0.274. The molecule has 28 heavy (non-hydrogen) atoms. The first-order valence-corrected chi connectivity index (χ1v) is 9.24. The maximum absolute atomic E-state index is 12.8. The maximum atomic E-state index is 12.8. The van der Waals surface area contributed by atoms with Crippen molar-refractivity contribution < 1.29 is 9.21 Å². The largest absolute Gasteiger partial charge is 0.436 e. The zero-order chi connectivity index (χ0) is 19.5. The molecule has 0 aliphatic heterocycles. The van der Waals surface area contributed by atoms with Gasteiger partial charge in [0.05, 0.1) is 11.8 Å². The zero-order valence-electron chi connectivity index (χ0n) is 14.5. The molecule has 6 heteroatoms. The van der Waals surface area contributed by atoms with Crippen molar-refractivity contribution in [3.8, 4) is 22.8 Å². The van der Waals surface area contributed by atoms with E-state index in [2.05, 4.69) is 10.3 Å². The first kappa shape index (κ1) is 18.3. The summed E-state index contributed by atoms with van der Waals surface area (Å²) in [5.74, 6) is 0.683. The van der Waals surface area contributed by atoms with Crippen LogP contribution in [0, 0.1) is 0 Å². The number of amides is 1. The highest BCUT2D eigenvalue weighted by molar-refractivity contribution is 6.31. The Kier molecular flexibility index (Phi) is 5.15. The number of carbonyl (C=O) groups excluding carboxylic acids is 1.